The van der Waals surface area contributed by atoms with Crippen LogP contribution in [0.3, 0.4) is 0 Å². The molecule has 2 aromatic rings. The monoisotopic (exact) mass is 223 g/mol. The number of nitrogens with zero attached hydrogens (tertiary/aromatic N) is 2. The molecular formula is C11H14ClN3. The molecule has 0 spiro atoms. The third-order valence-electron chi connectivity index (χ3n) is 2.53. The summed E-state index contributed by atoms with van der Waals surface area (Å²) in [5.74, 6) is 0. The second-order valence-electron chi connectivity index (χ2n) is 3.62. The lowest BCUT2D eigenvalue weighted by atomic mass is 10.1. The van der Waals surface area contributed by atoms with Crippen LogP contribution < -0.4 is 5.32 Å². The number of fused-ring (bicyclic) bond motifs is 1. The SMILES string of the molecule is CNCCc1ccc2c(Cl)nn(C)c2c1. The first-order valence-corrected chi connectivity index (χ1v) is 5.36. The van der Waals surface area contributed by atoms with E-state index in [0.29, 0.717) is 5.15 Å². The summed E-state index contributed by atoms with van der Waals surface area (Å²) in [6.07, 6.45) is 1.02. The number of benzene rings is 1. The van der Waals surface area contributed by atoms with E-state index in [4.69, 9.17) is 11.6 Å². The molecule has 15 heavy (non-hydrogen) atoms. The zero-order valence-electron chi connectivity index (χ0n) is 8.92. The number of hydrogen-bond donors (Lipinski definition) is 1. The van der Waals surface area contributed by atoms with Gasteiger partial charge in [0.05, 0.1) is 5.52 Å². The maximum Gasteiger partial charge on any atom is 0.158 e. The minimum atomic E-state index is 0.577. The van der Waals surface area contributed by atoms with Crippen LogP contribution in [0.1, 0.15) is 5.56 Å². The van der Waals surface area contributed by atoms with E-state index >= 15 is 0 Å². The van der Waals surface area contributed by atoms with Crippen molar-refractivity contribution in [3.8, 4) is 0 Å². The molecule has 0 saturated carbocycles. The Kier molecular flexibility index (Phi) is 2.93. The van der Waals surface area contributed by atoms with Gasteiger partial charge in [-0.25, -0.2) is 0 Å². The molecule has 0 fully saturated rings. The van der Waals surface area contributed by atoms with Crippen molar-refractivity contribution >= 4 is 22.5 Å². The smallest absolute Gasteiger partial charge is 0.158 e. The van der Waals surface area contributed by atoms with Crippen LogP contribution in [-0.4, -0.2) is 23.4 Å². The number of rotatable bonds is 3. The van der Waals surface area contributed by atoms with Crippen molar-refractivity contribution in [3.63, 3.8) is 0 Å². The van der Waals surface area contributed by atoms with E-state index in [-0.39, 0.29) is 0 Å². The molecule has 4 heteroatoms. The summed E-state index contributed by atoms with van der Waals surface area (Å²) in [7, 11) is 3.87. The second kappa shape index (κ2) is 4.21. The average molecular weight is 224 g/mol. The average Bonchev–Trinajstić information content (AvgIpc) is 2.52. The molecule has 0 radical (unpaired) electrons. The van der Waals surface area contributed by atoms with Gasteiger partial charge in [0.1, 0.15) is 0 Å². The molecule has 0 aliphatic rings. The topological polar surface area (TPSA) is 29.9 Å². The molecule has 0 saturated heterocycles. The summed E-state index contributed by atoms with van der Waals surface area (Å²) in [4.78, 5) is 0. The highest BCUT2D eigenvalue weighted by atomic mass is 35.5. The lowest BCUT2D eigenvalue weighted by Gasteiger charge is -2.01. The van der Waals surface area contributed by atoms with Crippen LogP contribution in [-0.2, 0) is 13.5 Å². The van der Waals surface area contributed by atoms with Crippen LogP contribution in [0.2, 0.25) is 5.15 Å². The van der Waals surface area contributed by atoms with E-state index in [0.717, 1.165) is 23.9 Å². The van der Waals surface area contributed by atoms with Gasteiger partial charge in [-0.1, -0.05) is 17.7 Å². The summed E-state index contributed by atoms with van der Waals surface area (Å²) >= 11 is 5.99. The molecule has 2 rings (SSSR count). The van der Waals surface area contributed by atoms with Crippen LogP contribution in [0, 0.1) is 0 Å². The van der Waals surface area contributed by atoms with Crippen molar-refractivity contribution in [1.82, 2.24) is 15.1 Å². The van der Waals surface area contributed by atoms with Crippen LogP contribution in [0.15, 0.2) is 18.2 Å². The quantitative estimate of drug-likeness (QED) is 0.863. The highest BCUT2D eigenvalue weighted by Crippen LogP contribution is 2.23. The lowest BCUT2D eigenvalue weighted by Crippen LogP contribution is -2.10. The van der Waals surface area contributed by atoms with Gasteiger partial charge in [0.25, 0.3) is 0 Å². The summed E-state index contributed by atoms with van der Waals surface area (Å²) in [6, 6.07) is 6.29. The summed E-state index contributed by atoms with van der Waals surface area (Å²) in [5.41, 5.74) is 2.39. The van der Waals surface area contributed by atoms with Crippen molar-refractivity contribution in [3.05, 3.63) is 28.9 Å². The van der Waals surface area contributed by atoms with E-state index in [9.17, 15) is 0 Å². The van der Waals surface area contributed by atoms with Crippen molar-refractivity contribution in [2.45, 2.75) is 6.42 Å². The van der Waals surface area contributed by atoms with Crippen molar-refractivity contribution < 1.29 is 0 Å². The van der Waals surface area contributed by atoms with E-state index in [1.54, 1.807) is 0 Å². The fraction of sp³-hybridized carbons (Fsp3) is 0.364. The van der Waals surface area contributed by atoms with Gasteiger partial charge >= 0.3 is 0 Å². The Bertz CT molecular complexity index is 476. The number of halogens is 1. The maximum atomic E-state index is 5.99. The van der Waals surface area contributed by atoms with E-state index in [2.05, 4.69) is 22.5 Å². The fourth-order valence-corrected chi connectivity index (χ4v) is 1.96. The number of likely N-dealkylation sites (N-methyl/N-ethyl adjacent to an activating group) is 1. The van der Waals surface area contributed by atoms with Crippen LogP contribution >= 0.6 is 11.6 Å². The summed E-state index contributed by atoms with van der Waals surface area (Å²) in [5, 5.41) is 8.91. The normalized spacial score (nSPS) is 11.1. The molecule has 1 N–H and O–H groups in total. The molecular weight excluding hydrogens is 210 g/mol. The van der Waals surface area contributed by atoms with Gasteiger partial charge in [-0.3, -0.25) is 4.68 Å². The second-order valence-corrected chi connectivity index (χ2v) is 3.98. The molecule has 0 aliphatic heterocycles. The lowest BCUT2D eigenvalue weighted by molar-refractivity contribution is 0.785. The van der Waals surface area contributed by atoms with Gasteiger partial charge in [0.2, 0.25) is 0 Å². The zero-order chi connectivity index (χ0) is 10.8. The Morgan fingerprint density at radius 3 is 3.00 bits per heavy atom. The van der Waals surface area contributed by atoms with Gasteiger partial charge in [-0.05, 0) is 37.7 Å². The predicted molar refractivity (Wildman–Crippen MR) is 63.4 cm³/mol. The predicted octanol–water partition coefficient (Wildman–Crippen LogP) is 1.99. The minimum absolute atomic E-state index is 0.577. The van der Waals surface area contributed by atoms with E-state index in [1.165, 1.54) is 5.56 Å². The van der Waals surface area contributed by atoms with Gasteiger partial charge in [-0.2, -0.15) is 5.10 Å². The Balaban J connectivity index is 2.41. The fourth-order valence-electron chi connectivity index (χ4n) is 1.68. The highest BCUT2D eigenvalue weighted by molar-refractivity contribution is 6.34. The number of aromatic nitrogens is 2. The molecule has 3 nitrogen and oxygen atoms in total. The molecule has 0 bridgehead atoms. The third-order valence-corrected chi connectivity index (χ3v) is 2.81. The van der Waals surface area contributed by atoms with Crippen LogP contribution in [0.4, 0.5) is 0 Å². The van der Waals surface area contributed by atoms with Crippen molar-refractivity contribution in [1.29, 1.82) is 0 Å². The Morgan fingerprint density at radius 2 is 2.27 bits per heavy atom. The first-order valence-electron chi connectivity index (χ1n) is 4.98. The molecule has 0 unspecified atom stereocenters. The Hall–Kier alpha value is -1.06. The number of hydrogen-bond acceptors (Lipinski definition) is 2. The summed E-state index contributed by atoms with van der Waals surface area (Å²) in [6.45, 7) is 0.983. The minimum Gasteiger partial charge on any atom is -0.319 e. The maximum absolute atomic E-state index is 5.99. The molecule has 0 aliphatic carbocycles. The molecule has 1 aromatic heterocycles. The Labute approximate surface area is 94.0 Å². The first kappa shape index (κ1) is 10.5. The molecule has 0 amide bonds. The van der Waals surface area contributed by atoms with Crippen LogP contribution in [0.5, 0.6) is 0 Å². The van der Waals surface area contributed by atoms with Crippen molar-refractivity contribution in [2.24, 2.45) is 7.05 Å². The molecule has 0 atom stereocenters. The van der Waals surface area contributed by atoms with E-state index < -0.39 is 0 Å². The van der Waals surface area contributed by atoms with Crippen LogP contribution in [0.25, 0.3) is 10.9 Å². The van der Waals surface area contributed by atoms with Gasteiger partial charge in [0, 0.05) is 12.4 Å². The van der Waals surface area contributed by atoms with E-state index in [1.807, 2.05) is 24.8 Å². The highest BCUT2D eigenvalue weighted by Gasteiger charge is 2.06. The zero-order valence-corrected chi connectivity index (χ0v) is 9.67. The largest absolute Gasteiger partial charge is 0.319 e. The number of nitrogens with one attached hydrogen (secondary N) is 1. The molecule has 80 valence electrons. The Morgan fingerprint density at radius 1 is 1.47 bits per heavy atom. The van der Waals surface area contributed by atoms with Crippen molar-refractivity contribution in [2.75, 3.05) is 13.6 Å². The first-order chi connectivity index (χ1) is 7.22. The third kappa shape index (κ3) is 1.98. The number of aryl methyl sites for hydroxylation is 1. The summed E-state index contributed by atoms with van der Waals surface area (Å²) < 4.78 is 1.82. The standard InChI is InChI=1S/C11H14ClN3/c1-13-6-5-8-3-4-9-10(7-8)15(2)14-11(9)12/h3-4,7,13H,5-6H2,1-2H3. The van der Waals surface area contributed by atoms with Gasteiger partial charge < -0.3 is 5.32 Å². The van der Waals surface area contributed by atoms with Gasteiger partial charge in [0.15, 0.2) is 5.15 Å². The molecule has 1 heterocycles. The van der Waals surface area contributed by atoms with Gasteiger partial charge in [-0.15, -0.1) is 0 Å². The molecule has 1 aromatic carbocycles.